The topological polar surface area (TPSA) is 35.2 Å². The van der Waals surface area contributed by atoms with Gasteiger partial charge < -0.3 is 0 Å². The van der Waals surface area contributed by atoms with Crippen molar-refractivity contribution in [2.75, 3.05) is 0 Å². The summed E-state index contributed by atoms with van der Waals surface area (Å²) in [5, 5.41) is 0. The molecule has 0 aliphatic heterocycles. The van der Waals surface area contributed by atoms with Gasteiger partial charge in [-0.1, -0.05) is 25.7 Å². The molecule has 1 atom stereocenters. The predicted octanol–water partition coefficient (Wildman–Crippen LogP) is 1.88. The molecular formula is C8H16ClNO. The molecule has 1 unspecified atom stereocenters. The maximum Gasteiger partial charge on any atom is 0.139 e. The minimum atomic E-state index is -0.188. The first-order chi connectivity index (χ1) is 4.85. The van der Waals surface area contributed by atoms with Gasteiger partial charge in [-0.15, -0.1) is 18.8 Å². The van der Waals surface area contributed by atoms with Crippen LogP contribution in [0.2, 0.25) is 0 Å². The maximum absolute atomic E-state index is 5.11. The molecule has 0 saturated carbocycles. The monoisotopic (exact) mass is 177 g/mol. The summed E-state index contributed by atoms with van der Waals surface area (Å²) in [7, 11) is 0. The van der Waals surface area contributed by atoms with Gasteiger partial charge in [0.05, 0.1) is 0 Å². The number of hydrogen-bond acceptors (Lipinski definition) is 2. The summed E-state index contributed by atoms with van der Waals surface area (Å²) in [6, 6.07) is 0. The van der Waals surface area contributed by atoms with E-state index in [-0.39, 0.29) is 18.5 Å². The highest BCUT2D eigenvalue weighted by Crippen LogP contribution is 2.03. The van der Waals surface area contributed by atoms with Gasteiger partial charge in [-0.25, -0.2) is 5.90 Å². The van der Waals surface area contributed by atoms with Crippen LogP contribution in [0, 0.1) is 12.3 Å². The van der Waals surface area contributed by atoms with Crippen molar-refractivity contribution in [1.29, 1.82) is 0 Å². The molecule has 3 heteroatoms. The van der Waals surface area contributed by atoms with Crippen LogP contribution < -0.4 is 5.90 Å². The molecule has 0 heterocycles. The lowest BCUT2D eigenvalue weighted by atomic mass is 10.1. The summed E-state index contributed by atoms with van der Waals surface area (Å²) in [4.78, 5) is 4.51. The normalized spacial score (nSPS) is 11.4. The average molecular weight is 178 g/mol. The van der Waals surface area contributed by atoms with Crippen LogP contribution in [-0.4, -0.2) is 6.10 Å². The molecule has 0 aromatic heterocycles. The summed E-state index contributed by atoms with van der Waals surface area (Å²) in [5.41, 5.74) is 0. The second kappa shape index (κ2) is 9.77. The molecule has 0 spiro atoms. The third-order valence-corrected chi connectivity index (χ3v) is 1.42. The summed E-state index contributed by atoms with van der Waals surface area (Å²) in [6.45, 7) is 2.15. The van der Waals surface area contributed by atoms with Gasteiger partial charge in [0, 0.05) is 0 Å². The summed E-state index contributed by atoms with van der Waals surface area (Å²) < 4.78 is 0. The van der Waals surface area contributed by atoms with Crippen molar-refractivity contribution in [3.8, 4) is 12.3 Å². The second-order valence-corrected chi connectivity index (χ2v) is 2.29. The number of rotatable bonds is 5. The third-order valence-electron chi connectivity index (χ3n) is 1.42. The van der Waals surface area contributed by atoms with E-state index in [1.165, 1.54) is 12.8 Å². The van der Waals surface area contributed by atoms with Crippen LogP contribution in [0.4, 0.5) is 0 Å². The highest BCUT2D eigenvalue weighted by Gasteiger charge is 2.00. The lowest BCUT2D eigenvalue weighted by Crippen LogP contribution is -2.14. The number of hydrogen-bond donors (Lipinski definition) is 1. The highest BCUT2D eigenvalue weighted by molar-refractivity contribution is 5.85. The molecule has 0 aromatic carbocycles. The lowest BCUT2D eigenvalue weighted by Gasteiger charge is -2.05. The molecule has 0 saturated heterocycles. The highest BCUT2D eigenvalue weighted by atomic mass is 35.5. The van der Waals surface area contributed by atoms with Gasteiger partial charge in [0.15, 0.2) is 0 Å². The van der Waals surface area contributed by atoms with Crippen molar-refractivity contribution < 1.29 is 4.84 Å². The van der Waals surface area contributed by atoms with Gasteiger partial charge >= 0.3 is 0 Å². The SMILES string of the molecule is C#CC(CCCCC)ON.Cl. The molecule has 2 nitrogen and oxygen atoms in total. The van der Waals surface area contributed by atoms with Crippen LogP contribution in [0.3, 0.4) is 0 Å². The number of unbranched alkanes of at least 4 members (excludes halogenated alkanes) is 2. The fourth-order valence-corrected chi connectivity index (χ4v) is 0.770. The van der Waals surface area contributed by atoms with Crippen LogP contribution in [-0.2, 0) is 4.84 Å². The van der Waals surface area contributed by atoms with Gasteiger partial charge in [0.25, 0.3) is 0 Å². The van der Waals surface area contributed by atoms with Crippen molar-refractivity contribution in [2.45, 2.75) is 38.7 Å². The van der Waals surface area contributed by atoms with Crippen LogP contribution in [0.15, 0.2) is 0 Å². The zero-order chi connectivity index (χ0) is 7.82. The molecule has 0 aliphatic rings. The molecule has 0 bridgehead atoms. The lowest BCUT2D eigenvalue weighted by molar-refractivity contribution is 0.0853. The molecule has 0 fully saturated rings. The Bertz CT molecular complexity index is 111. The van der Waals surface area contributed by atoms with Crippen LogP contribution in [0.5, 0.6) is 0 Å². The number of nitrogens with two attached hydrogens (primary N) is 1. The Morgan fingerprint density at radius 3 is 2.55 bits per heavy atom. The Morgan fingerprint density at radius 1 is 1.55 bits per heavy atom. The van der Waals surface area contributed by atoms with Crippen molar-refractivity contribution in [1.82, 2.24) is 0 Å². The van der Waals surface area contributed by atoms with E-state index in [1.807, 2.05) is 0 Å². The van der Waals surface area contributed by atoms with E-state index in [0.717, 1.165) is 12.8 Å². The first kappa shape index (κ1) is 13.4. The first-order valence-electron chi connectivity index (χ1n) is 3.66. The smallest absolute Gasteiger partial charge is 0.139 e. The molecule has 0 rings (SSSR count). The average Bonchev–Trinajstić information content (AvgIpc) is 1.99. The Labute approximate surface area is 74.9 Å². The van der Waals surface area contributed by atoms with E-state index >= 15 is 0 Å². The molecular weight excluding hydrogens is 162 g/mol. The Morgan fingerprint density at radius 2 is 2.18 bits per heavy atom. The molecule has 66 valence electrons. The molecule has 0 amide bonds. The Hall–Kier alpha value is -0.230. The molecule has 0 aliphatic carbocycles. The van der Waals surface area contributed by atoms with Gasteiger partial charge in [-0.3, -0.25) is 4.84 Å². The summed E-state index contributed by atoms with van der Waals surface area (Å²) in [6.07, 6.45) is 9.29. The second-order valence-electron chi connectivity index (χ2n) is 2.29. The van der Waals surface area contributed by atoms with Crippen LogP contribution in [0.25, 0.3) is 0 Å². The first-order valence-corrected chi connectivity index (χ1v) is 3.66. The van der Waals surface area contributed by atoms with Crippen LogP contribution >= 0.6 is 12.4 Å². The van der Waals surface area contributed by atoms with E-state index in [9.17, 15) is 0 Å². The fraction of sp³-hybridized carbons (Fsp3) is 0.750. The van der Waals surface area contributed by atoms with E-state index in [1.54, 1.807) is 0 Å². The van der Waals surface area contributed by atoms with Crippen molar-refractivity contribution in [3.05, 3.63) is 0 Å². The quantitative estimate of drug-likeness (QED) is 0.396. The van der Waals surface area contributed by atoms with Crippen LogP contribution in [0.1, 0.15) is 32.6 Å². The minimum absolute atomic E-state index is 0. The molecule has 2 N–H and O–H groups in total. The standard InChI is InChI=1S/C8H15NO.ClH/c1-3-5-6-7-8(4-2)10-9;/h2,8H,3,5-7,9H2,1H3;1H. The number of terminal acetylenes is 1. The zero-order valence-electron chi connectivity index (χ0n) is 6.88. The van der Waals surface area contributed by atoms with E-state index in [2.05, 4.69) is 17.7 Å². The molecule has 11 heavy (non-hydrogen) atoms. The third kappa shape index (κ3) is 7.67. The maximum atomic E-state index is 5.11. The van der Waals surface area contributed by atoms with Gasteiger partial charge in [0.2, 0.25) is 0 Å². The number of halogens is 1. The van der Waals surface area contributed by atoms with Crippen molar-refractivity contribution >= 4 is 12.4 Å². The fourth-order valence-electron chi connectivity index (χ4n) is 0.770. The van der Waals surface area contributed by atoms with Gasteiger partial charge in [-0.05, 0) is 12.8 Å². The molecule has 0 radical (unpaired) electrons. The molecule has 0 aromatic rings. The summed E-state index contributed by atoms with van der Waals surface area (Å²) in [5.74, 6) is 7.39. The minimum Gasteiger partial charge on any atom is -0.288 e. The zero-order valence-corrected chi connectivity index (χ0v) is 7.69. The Balaban J connectivity index is 0. The Kier molecular flexibility index (Phi) is 11.9. The van der Waals surface area contributed by atoms with E-state index in [4.69, 9.17) is 12.3 Å². The van der Waals surface area contributed by atoms with E-state index in [0.29, 0.717) is 0 Å². The van der Waals surface area contributed by atoms with Crippen molar-refractivity contribution in [2.24, 2.45) is 5.90 Å². The van der Waals surface area contributed by atoms with Gasteiger partial charge in [-0.2, -0.15) is 0 Å². The van der Waals surface area contributed by atoms with E-state index < -0.39 is 0 Å². The van der Waals surface area contributed by atoms with Gasteiger partial charge in [0.1, 0.15) is 6.10 Å². The van der Waals surface area contributed by atoms with Crippen molar-refractivity contribution in [3.63, 3.8) is 0 Å². The largest absolute Gasteiger partial charge is 0.288 e. The predicted molar refractivity (Wildman–Crippen MR) is 49.3 cm³/mol. The summed E-state index contributed by atoms with van der Waals surface area (Å²) >= 11 is 0.